The van der Waals surface area contributed by atoms with Gasteiger partial charge in [-0.25, -0.2) is 4.98 Å². The zero-order chi connectivity index (χ0) is 23.5. The average molecular weight is 463 g/mol. The van der Waals surface area contributed by atoms with Crippen molar-refractivity contribution in [2.24, 2.45) is 0 Å². The molecule has 0 aliphatic carbocycles. The van der Waals surface area contributed by atoms with Crippen LogP contribution in [0.1, 0.15) is 16.7 Å². The van der Waals surface area contributed by atoms with Crippen LogP contribution in [0.5, 0.6) is 17.2 Å². The molecule has 1 aromatic heterocycles. The highest BCUT2D eigenvalue weighted by Crippen LogP contribution is 2.42. The van der Waals surface area contributed by atoms with Crippen molar-refractivity contribution in [1.29, 1.82) is 0 Å². The maximum atomic E-state index is 13.8. The molecule has 33 heavy (non-hydrogen) atoms. The number of thioether (sulfide) groups is 1. The van der Waals surface area contributed by atoms with Gasteiger partial charge in [0.1, 0.15) is 5.52 Å². The summed E-state index contributed by atoms with van der Waals surface area (Å²) in [6.07, 6.45) is 0. The molecule has 7 heteroatoms. The molecule has 0 aliphatic rings. The van der Waals surface area contributed by atoms with Crippen molar-refractivity contribution in [2.75, 3.05) is 21.3 Å². The van der Waals surface area contributed by atoms with Crippen LogP contribution in [0.3, 0.4) is 0 Å². The molecular formula is C26H26N2O4S. The van der Waals surface area contributed by atoms with E-state index < -0.39 is 0 Å². The molecule has 0 bridgehead atoms. The van der Waals surface area contributed by atoms with Crippen molar-refractivity contribution in [2.45, 2.75) is 24.8 Å². The first-order valence-corrected chi connectivity index (χ1v) is 11.5. The van der Waals surface area contributed by atoms with Gasteiger partial charge >= 0.3 is 0 Å². The van der Waals surface area contributed by atoms with Gasteiger partial charge in [0, 0.05) is 5.75 Å². The molecule has 0 N–H and O–H groups in total. The topological polar surface area (TPSA) is 62.6 Å². The number of para-hydroxylation sites is 1. The zero-order valence-corrected chi connectivity index (χ0v) is 20.2. The largest absolute Gasteiger partial charge is 0.493 e. The molecular weight excluding hydrogens is 436 g/mol. The Balaban J connectivity index is 1.94. The number of aryl methyl sites for hydroxylation is 2. The highest BCUT2D eigenvalue weighted by atomic mass is 32.2. The van der Waals surface area contributed by atoms with Crippen LogP contribution in [0.2, 0.25) is 0 Å². The van der Waals surface area contributed by atoms with Crippen molar-refractivity contribution < 1.29 is 14.2 Å². The van der Waals surface area contributed by atoms with Crippen LogP contribution in [-0.4, -0.2) is 30.9 Å². The summed E-state index contributed by atoms with van der Waals surface area (Å²) in [5.74, 6) is 1.86. The molecule has 1 heterocycles. The Labute approximate surface area is 197 Å². The van der Waals surface area contributed by atoms with E-state index in [1.165, 1.54) is 44.2 Å². The van der Waals surface area contributed by atoms with Gasteiger partial charge in [0.15, 0.2) is 16.7 Å². The van der Waals surface area contributed by atoms with Gasteiger partial charge in [0.05, 0.1) is 32.4 Å². The number of hydrogen-bond donors (Lipinski definition) is 0. The lowest BCUT2D eigenvalue weighted by Gasteiger charge is -2.17. The lowest BCUT2D eigenvalue weighted by Crippen LogP contribution is -2.22. The molecule has 0 amide bonds. The van der Waals surface area contributed by atoms with Crippen LogP contribution in [0.15, 0.2) is 64.5 Å². The number of nitrogens with zero attached hydrogens (tertiary/aromatic N) is 2. The number of ether oxygens (including phenoxy) is 3. The Kier molecular flexibility index (Phi) is 6.60. The first-order valence-electron chi connectivity index (χ1n) is 10.5. The van der Waals surface area contributed by atoms with Crippen molar-refractivity contribution in [3.8, 4) is 22.9 Å². The molecule has 0 unspecified atom stereocenters. The van der Waals surface area contributed by atoms with Crippen molar-refractivity contribution >= 4 is 22.7 Å². The molecule has 4 aromatic rings. The number of rotatable bonds is 7. The Morgan fingerprint density at radius 2 is 1.61 bits per heavy atom. The average Bonchev–Trinajstić information content (AvgIpc) is 2.84. The van der Waals surface area contributed by atoms with Crippen LogP contribution in [0.4, 0.5) is 0 Å². The highest BCUT2D eigenvalue weighted by molar-refractivity contribution is 7.98. The van der Waals surface area contributed by atoms with Gasteiger partial charge in [-0.3, -0.25) is 9.36 Å². The maximum Gasteiger partial charge on any atom is 0.266 e. The van der Waals surface area contributed by atoms with Crippen molar-refractivity contribution in [1.82, 2.24) is 9.55 Å². The number of aromatic nitrogens is 2. The maximum absolute atomic E-state index is 13.8. The molecule has 170 valence electrons. The minimum atomic E-state index is -0.201. The van der Waals surface area contributed by atoms with Gasteiger partial charge in [-0.1, -0.05) is 48.2 Å². The van der Waals surface area contributed by atoms with Crippen LogP contribution < -0.4 is 19.8 Å². The molecule has 0 spiro atoms. The van der Waals surface area contributed by atoms with E-state index >= 15 is 0 Å². The summed E-state index contributed by atoms with van der Waals surface area (Å²) in [6.45, 7) is 4.19. The lowest BCUT2D eigenvalue weighted by atomic mass is 10.1. The van der Waals surface area contributed by atoms with E-state index in [2.05, 4.69) is 32.0 Å². The quantitative estimate of drug-likeness (QED) is 0.274. The second-order valence-corrected chi connectivity index (χ2v) is 8.56. The molecule has 0 saturated heterocycles. The minimum absolute atomic E-state index is 0.201. The predicted molar refractivity (Wildman–Crippen MR) is 132 cm³/mol. The van der Waals surface area contributed by atoms with Crippen LogP contribution in [0.25, 0.3) is 16.6 Å². The van der Waals surface area contributed by atoms with E-state index in [0.29, 0.717) is 39.1 Å². The zero-order valence-electron chi connectivity index (χ0n) is 19.3. The third kappa shape index (κ3) is 4.28. The van der Waals surface area contributed by atoms with Gasteiger partial charge in [-0.2, -0.15) is 0 Å². The molecule has 0 radical (unpaired) electrons. The van der Waals surface area contributed by atoms with Gasteiger partial charge in [0.25, 0.3) is 5.56 Å². The Bertz CT molecular complexity index is 1370. The van der Waals surface area contributed by atoms with Crippen LogP contribution in [0, 0.1) is 13.8 Å². The summed E-state index contributed by atoms with van der Waals surface area (Å²) in [5, 5.41) is 0.964. The molecule has 6 nitrogen and oxygen atoms in total. The Morgan fingerprint density at radius 3 is 2.24 bits per heavy atom. The van der Waals surface area contributed by atoms with Gasteiger partial charge < -0.3 is 14.2 Å². The number of hydrogen-bond acceptors (Lipinski definition) is 6. The summed E-state index contributed by atoms with van der Waals surface area (Å²) in [7, 11) is 4.59. The molecule has 0 fully saturated rings. The highest BCUT2D eigenvalue weighted by Gasteiger charge is 2.22. The summed E-state index contributed by atoms with van der Waals surface area (Å²) in [4.78, 5) is 18.6. The number of benzene rings is 3. The summed E-state index contributed by atoms with van der Waals surface area (Å²) in [6, 6.07) is 17.6. The molecule has 4 rings (SSSR count). The second kappa shape index (κ2) is 9.58. The fourth-order valence-electron chi connectivity index (χ4n) is 3.71. The van der Waals surface area contributed by atoms with Gasteiger partial charge in [0.2, 0.25) is 5.75 Å². The van der Waals surface area contributed by atoms with E-state index in [4.69, 9.17) is 19.2 Å². The van der Waals surface area contributed by atoms with E-state index in [0.717, 1.165) is 11.3 Å². The monoisotopic (exact) mass is 462 g/mol. The third-order valence-electron chi connectivity index (χ3n) is 5.59. The standard InChI is InChI=1S/C26H26N2O4S/c1-16-11-12-18(13-17(16)2)15-33-26-27-22-20(14-21(30-3)23(31-4)24(22)32-5)25(29)28(26)19-9-7-6-8-10-19/h6-14H,15H2,1-5H3. The van der Waals surface area contributed by atoms with E-state index in [-0.39, 0.29) is 5.56 Å². The number of methoxy groups -OCH3 is 3. The molecule has 3 aromatic carbocycles. The van der Waals surface area contributed by atoms with Gasteiger partial charge in [-0.15, -0.1) is 0 Å². The fourth-order valence-corrected chi connectivity index (χ4v) is 4.66. The van der Waals surface area contributed by atoms with Crippen molar-refractivity contribution in [3.05, 3.63) is 81.6 Å². The first kappa shape index (κ1) is 22.7. The lowest BCUT2D eigenvalue weighted by molar-refractivity contribution is 0.326. The molecule has 0 aliphatic heterocycles. The summed E-state index contributed by atoms with van der Waals surface area (Å²) >= 11 is 1.51. The van der Waals surface area contributed by atoms with Crippen LogP contribution in [-0.2, 0) is 5.75 Å². The summed E-state index contributed by atoms with van der Waals surface area (Å²) < 4.78 is 18.2. The van der Waals surface area contributed by atoms with E-state index in [1.54, 1.807) is 10.6 Å². The van der Waals surface area contributed by atoms with Crippen LogP contribution >= 0.6 is 11.8 Å². The van der Waals surface area contributed by atoms with Crippen molar-refractivity contribution in [3.63, 3.8) is 0 Å². The second-order valence-electron chi connectivity index (χ2n) is 7.62. The van der Waals surface area contributed by atoms with Gasteiger partial charge in [-0.05, 0) is 48.7 Å². The first-order chi connectivity index (χ1) is 16.0. The Morgan fingerprint density at radius 1 is 0.879 bits per heavy atom. The Hall–Kier alpha value is -3.45. The molecule has 0 saturated carbocycles. The third-order valence-corrected chi connectivity index (χ3v) is 6.60. The van der Waals surface area contributed by atoms with E-state index in [9.17, 15) is 4.79 Å². The molecule has 0 atom stereocenters. The smallest absolute Gasteiger partial charge is 0.266 e. The minimum Gasteiger partial charge on any atom is -0.493 e. The summed E-state index contributed by atoms with van der Waals surface area (Å²) in [5.41, 5.74) is 4.63. The fraction of sp³-hybridized carbons (Fsp3) is 0.231. The van der Waals surface area contributed by atoms with E-state index in [1.807, 2.05) is 30.3 Å². The SMILES string of the molecule is COc1cc2c(=O)n(-c3ccccc3)c(SCc3ccc(C)c(C)c3)nc2c(OC)c1OC. The predicted octanol–water partition coefficient (Wildman–Crippen LogP) is 5.32. The normalized spacial score (nSPS) is 10.9. The number of fused-ring (bicyclic) bond motifs is 1.